The van der Waals surface area contributed by atoms with E-state index in [9.17, 15) is 0 Å². The van der Waals surface area contributed by atoms with Gasteiger partial charge in [-0.3, -0.25) is 0 Å². The normalized spacial score (nSPS) is 10.3. The van der Waals surface area contributed by atoms with Crippen LogP contribution < -0.4 is 5.48 Å². The topological polar surface area (TPSA) is 45.0 Å². The number of rotatable bonds is 5. The van der Waals surface area contributed by atoms with Crippen LogP contribution in [0.1, 0.15) is 25.0 Å². The molecule has 3 heteroatoms. The van der Waals surface area contributed by atoms with E-state index >= 15 is 0 Å². The predicted octanol–water partition coefficient (Wildman–Crippen LogP) is 2.24. The third kappa shape index (κ3) is 4.11. The van der Waals surface area contributed by atoms with Crippen molar-refractivity contribution in [2.24, 2.45) is 5.92 Å². The molecule has 0 aliphatic rings. The Balaban J connectivity index is 2.41. The first kappa shape index (κ1) is 11.7. The summed E-state index contributed by atoms with van der Waals surface area (Å²) >= 11 is 0. The van der Waals surface area contributed by atoms with Crippen LogP contribution in [-0.4, -0.2) is 6.61 Å². The first-order chi connectivity index (χ1) is 7.24. The van der Waals surface area contributed by atoms with Crippen LogP contribution in [0.15, 0.2) is 24.3 Å². The predicted molar refractivity (Wildman–Crippen MR) is 58.8 cm³/mol. The summed E-state index contributed by atoms with van der Waals surface area (Å²) in [5, 5.41) is 8.84. The SMILES string of the molecule is CC(C)CONCc1ccccc1C#N. The van der Waals surface area contributed by atoms with Crippen molar-refractivity contribution in [2.75, 3.05) is 6.61 Å². The van der Waals surface area contributed by atoms with Crippen LogP contribution in [0.5, 0.6) is 0 Å². The zero-order valence-corrected chi connectivity index (χ0v) is 9.16. The molecule has 0 heterocycles. The summed E-state index contributed by atoms with van der Waals surface area (Å²) in [7, 11) is 0. The molecule has 0 unspecified atom stereocenters. The van der Waals surface area contributed by atoms with Gasteiger partial charge in [-0.2, -0.15) is 10.7 Å². The number of hydrogen-bond donors (Lipinski definition) is 1. The second kappa shape index (κ2) is 6.18. The van der Waals surface area contributed by atoms with E-state index in [1.807, 2.05) is 18.2 Å². The highest BCUT2D eigenvalue weighted by molar-refractivity contribution is 5.36. The zero-order chi connectivity index (χ0) is 11.1. The molecule has 1 N–H and O–H groups in total. The van der Waals surface area contributed by atoms with Gasteiger partial charge in [0, 0.05) is 6.54 Å². The second-order valence-electron chi connectivity index (χ2n) is 3.79. The van der Waals surface area contributed by atoms with Crippen molar-refractivity contribution in [3.63, 3.8) is 0 Å². The van der Waals surface area contributed by atoms with E-state index < -0.39 is 0 Å². The molecule has 0 radical (unpaired) electrons. The van der Waals surface area contributed by atoms with Crippen molar-refractivity contribution < 1.29 is 4.84 Å². The molecular formula is C12H16N2O. The van der Waals surface area contributed by atoms with E-state index in [-0.39, 0.29) is 0 Å². The van der Waals surface area contributed by atoms with Crippen LogP contribution in [0, 0.1) is 17.2 Å². The Morgan fingerprint density at radius 2 is 2.13 bits per heavy atom. The van der Waals surface area contributed by atoms with Crippen molar-refractivity contribution in [3.8, 4) is 6.07 Å². The summed E-state index contributed by atoms with van der Waals surface area (Å²) in [4.78, 5) is 5.24. The largest absolute Gasteiger partial charge is 0.301 e. The molecule has 0 saturated carbocycles. The molecule has 0 amide bonds. The third-order valence-corrected chi connectivity index (χ3v) is 1.92. The van der Waals surface area contributed by atoms with Crippen LogP contribution in [-0.2, 0) is 11.4 Å². The van der Waals surface area contributed by atoms with E-state index in [2.05, 4.69) is 25.4 Å². The van der Waals surface area contributed by atoms with Crippen LogP contribution >= 0.6 is 0 Å². The van der Waals surface area contributed by atoms with Crippen LogP contribution in [0.25, 0.3) is 0 Å². The van der Waals surface area contributed by atoms with Gasteiger partial charge in [-0.25, -0.2) is 0 Å². The molecule has 0 fully saturated rings. The van der Waals surface area contributed by atoms with Crippen LogP contribution in [0.2, 0.25) is 0 Å². The van der Waals surface area contributed by atoms with E-state index in [1.165, 1.54) is 0 Å². The molecule has 0 spiro atoms. The minimum Gasteiger partial charge on any atom is -0.301 e. The van der Waals surface area contributed by atoms with Gasteiger partial charge < -0.3 is 4.84 Å². The van der Waals surface area contributed by atoms with Crippen molar-refractivity contribution in [1.82, 2.24) is 5.48 Å². The highest BCUT2D eigenvalue weighted by Gasteiger charge is 2.00. The molecule has 80 valence electrons. The lowest BCUT2D eigenvalue weighted by molar-refractivity contribution is 0.0196. The fourth-order valence-corrected chi connectivity index (χ4v) is 1.14. The molecule has 15 heavy (non-hydrogen) atoms. The van der Waals surface area contributed by atoms with Crippen molar-refractivity contribution in [1.29, 1.82) is 5.26 Å². The van der Waals surface area contributed by atoms with Gasteiger partial charge in [-0.1, -0.05) is 32.0 Å². The Kier molecular flexibility index (Phi) is 4.82. The lowest BCUT2D eigenvalue weighted by Crippen LogP contribution is -2.17. The smallest absolute Gasteiger partial charge is 0.0995 e. The number of nitrogens with one attached hydrogen (secondary N) is 1. The zero-order valence-electron chi connectivity index (χ0n) is 9.16. The molecule has 0 aliphatic carbocycles. The first-order valence-electron chi connectivity index (χ1n) is 5.06. The Morgan fingerprint density at radius 3 is 2.80 bits per heavy atom. The molecule has 0 aromatic heterocycles. The Hall–Kier alpha value is -1.37. The van der Waals surface area contributed by atoms with Gasteiger partial charge in [0.15, 0.2) is 0 Å². The molecule has 1 rings (SSSR count). The lowest BCUT2D eigenvalue weighted by Gasteiger charge is -2.08. The average molecular weight is 204 g/mol. The van der Waals surface area contributed by atoms with Crippen molar-refractivity contribution in [3.05, 3.63) is 35.4 Å². The number of benzene rings is 1. The molecule has 0 aliphatic heterocycles. The van der Waals surface area contributed by atoms with Crippen molar-refractivity contribution >= 4 is 0 Å². The van der Waals surface area contributed by atoms with Crippen molar-refractivity contribution in [2.45, 2.75) is 20.4 Å². The summed E-state index contributed by atoms with van der Waals surface area (Å²) in [5.74, 6) is 0.503. The molecule has 0 atom stereocenters. The number of nitrogens with zero attached hydrogens (tertiary/aromatic N) is 1. The first-order valence-corrected chi connectivity index (χ1v) is 5.06. The fraction of sp³-hybridized carbons (Fsp3) is 0.417. The van der Waals surface area contributed by atoms with E-state index in [0.717, 1.165) is 5.56 Å². The highest BCUT2D eigenvalue weighted by Crippen LogP contribution is 2.06. The van der Waals surface area contributed by atoms with Crippen LogP contribution in [0.3, 0.4) is 0 Å². The molecule has 3 nitrogen and oxygen atoms in total. The van der Waals surface area contributed by atoms with Crippen LogP contribution in [0.4, 0.5) is 0 Å². The third-order valence-electron chi connectivity index (χ3n) is 1.92. The summed E-state index contributed by atoms with van der Waals surface area (Å²) in [6, 6.07) is 9.65. The molecule has 1 aromatic carbocycles. The monoisotopic (exact) mass is 204 g/mol. The Bertz CT molecular complexity index is 342. The number of hydrogen-bond acceptors (Lipinski definition) is 3. The fourth-order valence-electron chi connectivity index (χ4n) is 1.14. The maximum atomic E-state index is 8.84. The van der Waals surface area contributed by atoms with Gasteiger partial charge in [0.1, 0.15) is 0 Å². The van der Waals surface area contributed by atoms with Gasteiger partial charge in [0.25, 0.3) is 0 Å². The second-order valence-corrected chi connectivity index (χ2v) is 3.79. The number of nitriles is 1. The van der Waals surface area contributed by atoms with Gasteiger partial charge in [-0.15, -0.1) is 0 Å². The summed E-state index contributed by atoms with van der Waals surface area (Å²) in [6.45, 7) is 5.42. The minimum absolute atomic E-state index is 0.503. The highest BCUT2D eigenvalue weighted by atomic mass is 16.6. The standard InChI is InChI=1S/C12H16N2O/c1-10(2)9-15-14-8-12-6-4-3-5-11(12)7-13/h3-6,10,14H,8-9H2,1-2H3. The van der Waals surface area contributed by atoms with Gasteiger partial charge in [0.05, 0.1) is 18.2 Å². The summed E-state index contributed by atoms with van der Waals surface area (Å²) in [5.41, 5.74) is 4.51. The lowest BCUT2D eigenvalue weighted by atomic mass is 10.1. The van der Waals surface area contributed by atoms with E-state index in [4.69, 9.17) is 10.1 Å². The maximum Gasteiger partial charge on any atom is 0.0995 e. The minimum atomic E-state index is 0.503. The Labute approximate surface area is 90.6 Å². The van der Waals surface area contributed by atoms with Gasteiger partial charge in [-0.05, 0) is 17.5 Å². The maximum absolute atomic E-state index is 8.84. The van der Waals surface area contributed by atoms with Gasteiger partial charge in [0.2, 0.25) is 0 Å². The number of hydroxylamine groups is 1. The van der Waals surface area contributed by atoms with E-state index in [1.54, 1.807) is 6.07 Å². The molecule has 0 bridgehead atoms. The summed E-state index contributed by atoms with van der Waals surface area (Å²) < 4.78 is 0. The average Bonchev–Trinajstić information content (AvgIpc) is 2.24. The molecule has 1 aromatic rings. The molecule has 0 saturated heterocycles. The summed E-state index contributed by atoms with van der Waals surface area (Å²) in [6.07, 6.45) is 0. The Morgan fingerprint density at radius 1 is 1.40 bits per heavy atom. The van der Waals surface area contributed by atoms with Gasteiger partial charge >= 0.3 is 0 Å². The quantitative estimate of drug-likeness (QED) is 0.591. The molecular weight excluding hydrogens is 188 g/mol. The van der Waals surface area contributed by atoms with E-state index in [0.29, 0.717) is 24.6 Å².